The Hall–Kier alpha value is -1.71. The van der Waals surface area contributed by atoms with Crippen LogP contribution >= 0.6 is 0 Å². The van der Waals surface area contributed by atoms with Gasteiger partial charge in [0.15, 0.2) is 0 Å². The largest absolute Gasteiger partial charge is 0.497 e. The molecule has 17 heavy (non-hydrogen) atoms. The third-order valence-electron chi connectivity index (χ3n) is 3.29. The Morgan fingerprint density at radius 3 is 2.71 bits per heavy atom. The summed E-state index contributed by atoms with van der Waals surface area (Å²) >= 11 is 0. The lowest BCUT2D eigenvalue weighted by Crippen LogP contribution is -2.22. The van der Waals surface area contributed by atoms with Crippen LogP contribution in [0.15, 0.2) is 12.1 Å². The van der Waals surface area contributed by atoms with Gasteiger partial charge in [-0.2, -0.15) is 0 Å². The lowest BCUT2D eigenvalue weighted by atomic mass is 9.83. The van der Waals surface area contributed by atoms with Gasteiger partial charge in [-0.1, -0.05) is 0 Å². The van der Waals surface area contributed by atoms with Crippen molar-refractivity contribution in [1.29, 1.82) is 0 Å². The van der Waals surface area contributed by atoms with Gasteiger partial charge in [0.25, 0.3) is 0 Å². The van der Waals surface area contributed by atoms with E-state index in [0.29, 0.717) is 12.8 Å². The molecule has 0 saturated heterocycles. The summed E-state index contributed by atoms with van der Waals surface area (Å²) in [6.45, 7) is 0. The van der Waals surface area contributed by atoms with Gasteiger partial charge >= 0.3 is 5.97 Å². The Kier molecular flexibility index (Phi) is 3.22. The Labute approximate surface area is 100 Å². The number of hydrogen-bond donors (Lipinski definition) is 1. The van der Waals surface area contributed by atoms with E-state index >= 15 is 0 Å². The summed E-state index contributed by atoms with van der Waals surface area (Å²) in [5.74, 6) is 0.456. The van der Waals surface area contributed by atoms with Crippen molar-refractivity contribution in [2.45, 2.75) is 19.3 Å². The SMILES string of the molecule is COc1cc2c(c(OC)c1)CC(C(=O)O)CC2. The van der Waals surface area contributed by atoms with Gasteiger partial charge in [-0.05, 0) is 36.5 Å². The van der Waals surface area contributed by atoms with Crippen LogP contribution in [0.25, 0.3) is 0 Å². The maximum atomic E-state index is 11.0. The quantitative estimate of drug-likeness (QED) is 0.870. The first-order valence-electron chi connectivity index (χ1n) is 5.62. The summed E-state index contributed by atoms with van der Waals surface area (Å²) in [5, 5.41) is 9.06. The molecule has 1 aromatic rings. The van der Waals surface area contributed by atoms with Gasteiger partial charge in [0.2, 0.25) is 0 Å². The van der Waals surface area contributed by atoms with E-state index in [1.807, 2.05) is 12.1 Å². The van der Waals surface area contributed by atoms with Crippen LogP contribution < -0.4 is 9.47 Å². The molecule has 1 aliphatic rings. The highest BCUT2D eigenvalue weighted by Gasteiger charge is 2.27. The zero-order chi connectivity index (χ0) is 12.4. The topological polar surface area (TPSA) is 55.8 Å². The molecule has 0 aromatic heterocycles. The highest BCUT2D eigenvalue weighted by Crippen LogP contribution is 2.35. The molecule has 1 N–H and O–H groups in total. The molecule has 0 spiro atoms. The zero-order valence-corrected chi connectivity index (χ0v) is 10.0. The summed E-state index contributed by atoms with van der Waals surface area (Å²) in [4.78, 5) is 11.0. The Balaban J connectivity index is 2.39. The van der Waals surface area contributed by atoms with Gasteiger partial charge in [0, 0.05) is 6.07 Å². The summed E-state index contributed by atoms with van der Waals surface area (Å²) < 4.78 is 10.5. The average molecular weight is 236 g/mol. The van der Waals surface area contributed by atoms with E-state index in [1.165, 1.54) is 0 Å². The molecular formula is C13H16O4. The standard InChI is InChI=1S/C13H16O4/c1-16-10-5-8-3-4-9(13(14)15)6-11(8)12(7-10)17-2/h5,7,9H,3-4,6H2,1-2H3,(H,14,15). The predicted octanol–water partition coefficient (Wildman–Crippen LogP) is 1.89. The molecule has 1 atom stereocenters. The van der Waals surface area contributed by atoms with Gasteiger partial charge in [0.05, 0.1) is 20.1 Å². The highest BCUT2D eigenvalue weighted by molar-refractivity contribution is 5.71. The molecule has 1 unspecified atom stereocenters. The third-order valence-corrected chi connectivity index (χ3v) is 3.29. The Morgan fingerprint density at radius 2 is 2.12 bits per heavy atom. The summed E-state index contributed by atoms with van der Waals surface area (Å²) in [5.41, 5.74) is 2.14. The van der Waals surface area contributed by atoms with E-state index in [1.54, 1.807) is 14.2 Å². The van der Waals surface area contributed by atoms with Gasteiger partial charge in [0.1, 0.15) is 11.5 Å². The Morgan fingerprint density at radius 1 is 1.35 bits per heavy atom. The normalized spacial score (nSPS) is 18.4. The number of hydrogen-bond acceptors (Lipinski definition) is 3. The molecule has 0 heterocycles. The molecule has 0 bridgehead atoms. The summed E-state index contributed by atoms with van der Waals surface area (Å²) in [6.07, 6.45) is 1.98. The molecule has 0 saturated carbocycles. The molecule has 0 radical (unpaired) electrons. The molecule has 0 aliphatic heterocycles. The fourth-order valence-corrected chi connectivity index (χ4v) is 2.32. The summed E-state index contributed by atoms with van der Waals surface area (Å²) in [7, 11) is 3.21. The minimum absolute atomic E-state index is 0.301. The van der Waals surface area contributed by atoms with Crippen LogP contribution in [0.5, 0.6) is 11.5 Å². The van der Waals surface area contributed by atoms with Crippen LogP contribution in [-0.2, 0) is 17.6 Å². The lowest BCUT2D eigenvalue weighted by Gasteiger charge is -2.24. The maximum absolute atomic E-state index is 11.0. The predicted molar refractivity (Wildman–Crippen MR) is 62.7 cm³/mol. The van der Waals surface area contributed by atoms with Crippen LogP contribution in [0.2, 0.25) is 0 Å². The van der Waals surface area contributed by atoms with Crippen molar-refractivity contribution in [1.82, 2.24) is 0 Å². The number of rotatable bonds is 3. The first kappa shape index (κ1) is 11.8. The van der Waals surface area contributed by atoms with Crippen molar-refractivity contribution in [3.05, 3.63) is 23.3 Å². The van der Waals surface area contributed by atoms with Gasteiger partial charge in [-0.15, -0.1) is 0 Å². The number of aliphatic carboxylic acids is 1. The molecule has 0 amide bonds. The molecule has 0 fully saturated rings. The minimum Gasteiger partial charge on any atom is -0.497 e. The number of carboxylic acids is 1. The molecular weight excluding hydrogens is 220 g/mol. The number of ether oxygens (including phenoxy) is 2. The zero-order valence-electron chi connectivity index (χ0n) is 10.0. The summed E-state index contributed by atoms with van der Waals surface area (Å²) in [6, 6.07) is 3.78. The smallest absolute Gasteiger partial charge is 0.306 e. The Bertz CT molecular complexity index is 422. The second kappa shape index (κ2) is 4.65. The lowest BCUT2D eigenvalue weighted by molar-refractivity contribution is -0.142. The average Bonchev–Trinajstić information content (AvgIpc) is 2.36. The minimum atomic E-state index is -0.728. The van der Waals surface area contributed by atoms with E-state index in [0.717, 1.165) is 29.0 Å². The van der Waals surface area contributed by atoms with Gasteiger partial charge < -0.3 is 14.6 Å². The monoisotopic (exact) mass is 236 g/mol. The van der Waals surface area contributed by atoms with E-state index in [9.17, 15) is 4.79 Å². The van der Waals surface area contributed by atoms with E-state index in [-0.39, 0.29) is 5.92 Å². The fourth-order valence-electron chi connectivity index (χ4n) is 2.32. The second-order valence-electron chi connectivity index (χ2n) is 4.25. The third kappa shape index (κ3) is 2.20. The van der Waals surface area contributed by atoms with E-state index in [4.69, 9.17) is 14.6 Å². The van der Waals surface area contributed by atoms with Crippen molar-refractivity contribution in [3.63, 3.8) is 0 Å². The van der Waals surface area contributed by atoms with Crippen LogP contribution in [0, 0.1) is 5.92 Å². The molecule has 2 rings (SSSR count). The van der Waals surface area contributed by atoms with E-state index < -0.39 is 5.97 Å². The van der Waals surface area contributed by atoms with Crippen molar-refractivity contribution in [2.24, 2.45) is 5.92 Å². The molecule has 1 aliphatic carbocycles. The fraction of sp³-hybridized carbons (Fsp3) is 0.462. The molecule has 92 valence electrons. The first-order valence-corrected chi connectivity index (χ1v) is 5.62. The number of benzene rings is 1. The van der Waals surface area contributed by atoms with Crippen LogP contribution in [0.1, 0.15) is 17.5 Å². The number of aryl methyl sites for hydroxylation is 1. The number of carbonyl (C=O) groups is 1. The number of carboxylic acid groups (broad SMARTS) is 1. The van der Waals surface area contributed by atoms with Crippen molar-refractivity contribution in [3.8, 4) is 11.5 Å². The van der Waals surface area contributed by atoms with Gasteiger partial charge in [-0.25, -0.2) is 0 Å². The van der Waals surface area contributed by atoms with E-state index in [2.05, 4.69) is 0 Å². The van der Waals surface area contributed by atoms with Gasteiger partial charge in [-0.3, -0.25) is 4.79 Å². The van der Waals surface area contributed by atoms with Crippen molar-refractivity contribution >= 4 is 5.97 Å². The van der Waals surface area contributed by atoms with Crippen molar-refractivity contribution < 1.29 is 19.4 Å². The highest BCUT2D eigenvalue weighted by atomic mass is 16.5. The molecule has 4 nitrogen and oxygen atoms in total. The van der Waals surface area contributed by atoms with Crippen LogP contribution in [0.4, 0.5) is 0 Å². The van der Waals surface area contributed by atoms with Crippen LogP contribution in [0.3, 0.4) is 0 Å². The number of methoxy groups -OCH3 is 2. The number of fused-ring (bicyclic) bond motifs is 1. The molecule has 1 aromatic carbocycles. The molecule has 4 heteroatoms. The second-order valence-corrected chi connectivity index (χ2v) is 4.25. The maximum Gasteiger partial charge on any atom is 0.306 e. The van der Waals surface area contributed by atoms with Crippen LogP contribution in [-0.4, -0.2) is 25.3 Å². The first-order chi connectivity index (χ1) is 8.15. The van der Waals surface area contributed by atoms with Crippen molar-refractivity contribution in [2.75, 3.05) is 14.2 Å².